The van der Waals surface area contributed by atoms with E-state index in [4.69, 9.17) is 10.3 Å². The Bertz CT molecular complexity index is 1330. The monoisotopic (exact) mass is 528 g/mol. The number of benzene rings is 1. The standard InChI is InChI=1S/C27H31F2N4O3P/c1-15-6-5-7-19(28)24(15)25-20(29)8-9-22(32-25)27(34)33-23-14-31-11-10-18(23)17-12-16(2)26(21(30)13-17)36-37(3,4)35/h5-11,14,16-17,21,26H,12-13,30H2,1-4H3,(H,33,34)/t16-,17+,21+,26+/m0/s1. The number of nitrogens with one attached hydrogen (secondary N) is 1. The summed E-state index contributed by atoms with van der Waals surface area (Å²) in [6.07, 6.45) is 4.17. The Balaban J connectivity index is 1.58. The summed E-state index contributed by atoms with van der Waals surface area (Å²) >= 11 is 0. The molecule has 4 rings (SSSR count). The number of carbonyl (C=O) groups excluding carboxylic acids is 1. The van der Waals surface area contributed by atoms with E-state index in [1.165, 1.54) is 18.2 Å². The first-order valence-electron chi connectivity index (χ1n) is 12.1. The van der Waals surface area contributed by atoms with E-state index in [-0.39, 0.29) is 40.9 Å². The quantitative estimate of drug-likeness (QED) is 0.395. The van der Waals surface area contributed by atoms with Crippen molar-refractivity contribution in [2.75, 3.05) is 18.6 Å². The Kier molecular flexibility index (Phi) is 7.88. The first-order valence-corrected chi connectivity index (χ1v) is 14.6. The van der Waals surface area contributed by atoms with E-state index in [1.807, 2.05) is 13.0 Å². The van der Waals surface area contributed by atoms with E-state index in [9.17, 15) is 18.1 Å². The molecule has 1 saturated carbocycles. The predicted octanol–water partition coefficient (Wildman–Crippen LogP) is 5.75. The molecule has 0 spiro atoms. The molecule has 3 aromatic rings. The molecule has 7 nitrogen and oxygen atoms in total. The molecule has 0 aliphatic heterocycles. The van der Waals surface area contributed by atoms with Gasteiger partial charge in [0, 0.05) is 31.1 Å². The predicted molar refractivity (Wildman–Crippen MR) is 140 cm³/mol. The van der Waals surface area contributed by atoms with Gasteiger partial charge in [0.2, 0.25) is 0 Å². The maximum absolute atomic E-state index is 14.6. The van der Waals surface area contributed by atoms with Crippen LogP contribution >= 0.6 is 7.37 Å². The van der Waals surface area contributed by atoms with Gasteiger partial charge in [-0.2, -0.15) is 0 Å². The van der Waals surface area contributed by atoms with Gasteiger partial charge in [-0.1, -0.05) is 19.1 Å². The van der Waals surface area contributed by atoms with Gasteiger partial charge in [0.15, 0.2) is 7.37 Å². The molecule has 2 heterocycles. The van der Waals surface area contributed by atoms with Crippen LogP contribution in [0.2, 0.25) is 0 Å². The molecule has 3 N–H and O–H groups in total. The fourth-order valence-electron chi connectivity index (χ4n) is 5.02. The number of carbonyl (C=O) groups is 1. The van der Waals surface area contributed by atoms with Crippen LogP contribution in [0.4, 0.5) is 14.5 Å². The molecule has 37 heavy (non-hydrogen) atoms. The zero-order chi connectivity index (χ0) is 26.9. The van der Waals surface area contributed by atoms with E-state index in [0.29, 0.717) is 17.7 Å². The summed E-state index contributed by atoms with van der Waals surface area (Å²) in [5, 5.41) is 2.83. The number of amides is 1. The summed E-state index contributed by atoms with van der Waals surface area (Å²) < 4.78 is 47.1. The summed E-state index contributed by atoms with van der Waals surface area (Å²) in [5.74, 6) is -1.86. The lowest BCUT2D eigenvalue weighted by molar-refractivity contribution is 0.0780. The Morgan fingerprint density at radius 1 is 1.14 bits per heavy atom. The molecular formula is C27H31F2N4O3P. The average molecular weight is 529 g/mol. The molecule has 1 amide bonds. The lowest BCUT2D eigenvalue weighted by Gasteiger charge is -2.39. The molecule has 1 aromatic carbocycles. The number of hydrogen-bond acceptors (Lipinski definition) is 6. The van der Waals surface area contributed by atoms with Crippen molar-refractivity contribution in [1.82, 2.24) is 9.97 Å². The van der Waals surface area contributed by atoms with Crippen molar-refractivity contribution < 1.29 is 22.7 Å². The third kappa shape index (κ3) is 6.12. The molecule has 2 aromatic heterocycles. The van der Waals surface area contributed by atoms with Crippen molar-refractivity contribution in [2.45, 2.75) is 44.8 Å². The third-order valence-corrected chi connectivity index (χ3v) is 7.40. The fraction of sp³-hybridized carbons (Fsp3) is 0.370. The molecule has 4 atom stereocenters. The van der Waals surface area contributed by atoms with Gasteiger partial charge in [-0.3, -0.25) is 14.3 Å². The zero-order valence-electron chi connectivity index (χ0n) is 21.2. The summed E-state index contributed by atoms with van der Waals surface area (Å²) in [5.41, 5.74) is 8.01. The van der Waals surface area contributed by atoms with Crippen molar-refractivity contribution in [3.63, 3.8) is 0 Å². The highest BCUT2D eigenvalue weighted by Crippen LogP contribution is 2.46. The molecular weight excluding hydrogens is 497 g/mol. The molecule has 0 radical (unpaired) electrons. The average Bonchev–Trinajstić information content (AvgIpc) is 2.82. The summed E-state index contributed by atoms with van der Waals surface area (Å²) in [6.45, 7) is 6.83. The summed E-state index contributed by atoms with van der Waals surface area (Å²) in [6, 6.07) is 8.27. The van der Waals surface area contributed by atoms with E-state index in [0.717, 1.165) is 18.1 Å². The fourth-order valence-corrected chi connectivity index (χ4v) is 5.97. The molecule has 10 heteroatoms. The third-order valence-electron chi connectivity index (χ3n) is 6.65. The van der Waals surface area contributed by atoms with E-state index >= 15 is 0 Å². The second-order valence-corrected chi connectivity index (χ2v) is 12.7. The van der Waals surface area contributed by atoms with E-state index < -0.39 is 24.9 Å². The van der Waals surface area contributed by atoms with Gasteiger partial charge in [-0.05, 0) is 67.0 Å². The van der Waals surface area contributed by atoms with Crippen LogP contribution in [0.15, 0.2) is 48.8 Å². The van der Waals surface area contributed by atoms with Crippen LogP contribution in [0.25, 0.3) is 11.3 Å². The summed E-state index contributed by atoms with van der Waals surface area (Å²) in [7, 11) is -2.70. The van der Waals surface area contributed by atoms with Crippen molar-refractivity contribution in [3.05, 3.63) is 77.2 Å². The van der Waals surface area contributed by atoms with Gasteiger partial charge < -0.3 is 15.6 Å². The van der Waals surface area contributed by atoms with Crippen molar-refractivity contribution >= 4 is 19.0 Å². The molecule has 1 aliphatic rings. The van der Waals surface area contributed by atoms with Crippen LogP contribution in [0.5, 0.6) is 0 Å². The van der Waals surface area contributed by atoms with Crippen LogP contribution in [0.3, 0.4) is 0 Å². The van der Waals surface area contributed by atoms with E-state index in [1.54, 1.807) is 38.7 Å². The van der Waals surface area contributed by atoms with Crippen molar-refractivity contribution in [2.24, 2.45) is 11.7 Å². The topological polar surface area (TPSA) is 107 Å². The molecule has 0 bridgehead atoms. The SMILES string of the molecule is Cc1cccc(F)c1-c1nc(C(=O)Nc2cnccc2[C@H]2C[C@@H](N)[C@H](OP(C)(C)=O)[C@@H](C)C2)ccc1F. The number of aryl methyl sites for hydroxylation is 1. The van der Waals surface area contributed by atoms with Gasteiger partial charge >= 0.3 is 0 Å². The molecule has 196 valence electrons. The minimum atomic E-state index is -2.70. The Morgan fingerprint density at radius 2 is 1.89 bits per heavy atom. The number of anilines is 1. The number of rotatable bonds is 6. The smallest absolute Gasteiger partial charge is 0.274 e. The van der Waals surface area contributed by atoms with Crippen LogP contribution in [-0.4, -0.2) is 41.4 Å². The summed E-state index contributed by atoms with van der Waals surface area (Å²) in [4.78, 5) is 21.5. The van der Waals surface area contributed by atoms with Gasteiger partial charge in [-0.25, -0.2) is 13.8 Å². The number of nitrogens with two attached hydrogens (primary N) is 1. The van der Waals surface area contributed by atoms with Gasteiger partial charge in [0.25, 0.3) is 5.91 Å². The van der Waals surface area contributed by atoms with Crippen LogP contribution in [0, 0.1) is 24.5 Å². The first-order chi connectivity index (χ1) is 17.4. The van der Waals surface area contributed by atoms with Gasteiger partial charge in [0.05, 0.1) is 18.0 Å². The minimum absolute atomic E-state index is 0.00838. The number of aromatic nitrogens is 2. The van der Waals surface area contributed by atoms with Crippen molar-refractivity contribution in [3.8, 4) is 11.3 Å². The molecule has 0 saturated heterocycles. The van der Waals surface area contributed by atoms with Crippen molar-refractivity contribution in [1.29, 1.82) is 0 Å². The second-order valence-electron chi connectivity index (χ2n) is 10.0. The molecule has 1 aliphatic carbocycles. The van der Waals surface area contributed by atoms with Gasteiger partial charge in [-0.15, -0.1) is 0 Å². The molecule has 0 unspecified atom stereocenters. The highest BCUT2D eigenvalue weighted by atomic mass is 31.2. The Labute approximate surface area is 215 Å². The van der Waals surface area contributed by atoms with Crippen LogP contribution in [0.1, 0.15) is 47.3 Å². The highest BCUT2D eigenvalue weighted by molar-refractivity contribution is 7.57. The second kappa shape index (κ2) is 10.8. The van der Waals surface area contributed by atoms with Crippen LogP contribution < -0.4 is 11.1 Å². The van der Waals surface area contributed by atoms with Gasteiger partial charge in [0.1, 0.15) is 23.0 Å². The van der Waals surface area contributed by atoms with E-state index in [2.05, 4.69) is 15.3 Å². The zero-order valence-corrected chi connectivity index (χ0v) is 22.1. The number of pyridine rings is 2. The lowest BCUT2D eigenvalue weighted by atomic mass is 9.74. The number of halogens is 2. The van der Waals surface area contributed by atoms with Crippen LogP contribution in [-0.2, 0) is 9.09 Å². The maximum Gasteiger partial charge on any atom is 0.274 e. The normalized spacial score (nSPS) is 22.0. The first kappa shape index (κ1) is 27.0. The largest absolute Gasteiger partial charge is 0.325 e. The maximum atomic E-state index is 14.6. The highest BCUT2D eigenvalue weighted by Gasteiger charge is 2.38. The Morgan fingerprint density at radius 3 is 2.57 bits per heavy atom. The lowest BCUT2D eigenvalue weighted by Crippen LogP contribution is -2.46. The number of nitrogens with zero attached hydrogens (tertiary/aromatic N) is 2. The minimum Gasteiger partial charge on any atom is -0.325 e. The number of hydrogen-bond donors (Lipinski definition) is 2. The molecule has 1 fully saturated rings. The Hall–Kier alpha value is -3.00.